The molecule has 0 saturated carbocycles. The van der Waals surface area contributed by atoms with E-state index in [9.17, 15) is 9.59 Å². The normalized spacial score (nSPS) is 11.8. The van der Waals surface area contributed by atoms with Crippen molar-refractivity contribution in [2.45, 2.75) is 32.7 Å². The summed E-state index contributed by atoms with van der Waals surface area (Å²) in [6.45, 7) is 3.69. The van der Waals surface area contributed by atoms with Gasteiger partial charge in [-0.1, -0.05) is 37.3 Å². The van der Waals surface area contributed by atoms with Gasteiger partial charge in [-0.15, -0.1) is 11.3 Å². The van der Waals surface area contributed by atoms with Gasteiger partial charge >= 0.3 is 0 Å². The van der Waals surface area contributed by atoms with Crippen LogP contribution in [0.1, 0.15) is 46.0 Å². The van der Waals surface area contributed by atoms with E-state index in [-0.39, 0.29) is 17.9 Å². The number of nitrogens with zero attached hydrogens (tertiary/aromatic N) is 3. The molecular formula is C20H23N5O2S. The minimum Gasteiger partial charge on any atom is -0.347 e. The van der Waals surface area contributed by atoms with Crippen LogP contribution in [-0.2, 0) is 18.3 Å². The molecule has 3 rings (SSSR count). The SMILES string of the molecule is CCC(=O)N[C@H](Cc1ccccc1)c1nc(C(=O)Nc2c(C)cnn2C)cs1. The first-order chi connectivity index (χ1) is 13.5. The van der Waals surface area contributed by atoms with Crippen LogP contribution in [0.2, 0.25) is 0 Å². The van der Waals surface area contributed by atoms with Gasteiger partial charge < -0.3 is 10.6 Å². The van der Waals surface area contributed by atoms with Crippen molar-refractivity contribution in [3.8, 4) is 0 Å². The smallest absolute Gasteiger partial charge is 0.276 e. The number of thiazole rings is 1. The Hall–Kier alpha value is -3.00. The molecule has 0 aliphatic carbocycles. The van der Waals surface area contributed by atoms with Crippen molar-refractivity contribution in [2.75, 3.05) is 5.32 Å². The minimum atomic E-state index is -0.297. The van der Waals surface area contributed by atoms with Gasteiger partial charge in [-0.25, -0.2) is 4.98 Å². The highest BCUT2D eigenvalue weighted by Gasteiger charge is 2.21. The highest BCUT2D eigenvalue weighted by molar-refractivity contribution is 7.10. The lowest BCUT2D eigenvalue weighted by Crippen LogP contribution is -2.29. The zero-order valence-corrected chi connectivity index (χ0v) is 16.9. The number of aromatic nitrogens is 3. The number of amides is 2. The Bertz CT molecular complexity index is 945. The predicted molar refractivity (Wildman–Crippen MR) is 109 cm³/mol. The Morgan fingerprint density at radius 1 is 1.25 bits per heavy atom. The van der Waals surface area contributed by atoms with Gasteiger partial charge in [0.15, 0.2) is 0 Å². The molecule has 2 N–H and O–H groups in total. The third-order valence-corrected chi connectivity index (χ3v) is 5.30. The standard InChI is InChI=1S/C20H23N5O2S/c1-4-17(26)22-15(10-14-8-6-5-7-9-14)20-23-16(12-28-20)19(27)24-18-13(2)11-21-25(18)3/h5-9,11-12,15H,4,10H2,1-3H3,(H,22,26)(H,24,27)/t15-/m1/s1. The number of carbonyl (C=O) groups excluding carboxylic acids is 2. The van der Waals surface area contributed by atoms with E-state index in [0.29, 0.717) is 29.4 Å². The molecule has 0 unspecified atom stereocenters. The summed E-state index contributed by atoms with van der Waals surface area (Å²) in [5, 5.41) is 12.4. The van der Waals surface area contributed by atoms with E-state index in [4.69, 9.17) is 0 Å². The van der Waals surface area contributed by atoms with E-state index in [1.165, 1.54) is 11.3 Å². The van der Waals surface area contributed by atoms with Crippen LogP contribution in [0.4, 0.5) is 5.82 Å². The molecule has 2 amide bonds. The summed E-state index contributed by atoms with van der Waals surface area (Å²) in [4.78, 5) is 29.1. The molecule has 146 valence electrons. The molecule has 2 aromatic heterocycles. The number of hydrogen-bond acceptors (Lipinski definition) is 5. The quantitative estimate of drug-likeness (QED) is 0.640. The summed E-state index contributed by atoms with van der Waals surface area (Å²) in [7, 11) is 1.77. The molecule has 3 aromatic rings. The van der Waals surface area contributed by atoms with Crippen molar-refractivity contribution in [2.24, 2.45) is 7.05 Å². The molecule has 1 aromatic carbocycles. The second-order valence-electron chi connectivity index (χ2n) is 6.49. The number of benzene rings is 1. The first kappa shape index (κ1) is 19.8. The summed E-state index contributed by atoms with van der Waals surface area (Å²) in [6.07, 6.45) is 2.70. The van der Waals surface area contributed by atoms with Crippen molar-refractivity contribution >= 4 is 29.0 Å². The molecule has 0 fully saturated rings. The fraction of sp³-hybridized carbons (Fsp3) is 0.300. The first-order valence-electron chi connectivity index (χ1n) is 9.06. The van der Waals surface area contributed by atoms with Crippen LogP contribution in [0.15, 0.2) is 41.9 Å². The molecule has 0 bridgehead atoms. The lowest BCUT2D eigenvalue weighted by molar-refractivity contribution is -0.121. The zero-order chi connectivity index (χ0) is 20.1. The Kier molecular flexibility index (Phi) is 6.20. The third kappa shape index (κ3) is 4.64. The van der Waals surface area contributed by atoms with E-state index >= 15 is 0 Å². The Morgan fingerprint density at radius 2 is 2.00 bits per heavy atom. The summed E-state index contributed by atoms with van der Waals surface area (Å²) in [5.74, 6) is 0.293. The highest BCUT2D eigenvalue weighted by Crippen LogP contribution is 2.23. The molecular weight excluding hydrogens is 374 g/mol. The molecule has 0 aliphatic heterocycles. The predicted octanol–water partition coefficient (Wildman–Crippen LogP) is 3.25. The summed E-state index contributed by atoms with van der Waals surface area (Å²) in [5.41, 5.74) is 2.29. The lowest BCUT2D eigenvalue weighted by atomic mass is 10.1. The van der Waals surface area contributed by atoms with Gasteiger partial charge in [0, 0.05) is 24.4 Å². The first-order valence-corrected chi connectivity index (χ1v) is 9.94. The van der Waals surface area contributed by atoms with Crippen LogP contribution in [0.25, 0.3) is 0 Å². The molecule has 0 spiro atoms. The van der Waals surface area contributed by atoms with E-state index in [1.807, 2.05) is 44.2 Å². The number of anilines is 1. The average Bonchev–Trinajstić information content (AvgIpc) is 3.31. The van der Waals surface area contributed by atoms with Crippen LogP contribution < -0.4 is 10.6 Å². The van der Waals surface area contributed by atoms with Crippen molar-refractivity contribution in [1.29, 1.82) is 0 Å². The average molecular weight is 398 g/mol. The molecule has 0 saturated heterocycles. The van der Waals surface area contributed by atoms with E-state index < -0.39 is 0 Å². The molecule has 0 radical (unpaired) electrons. The molecule has 8 heteroatoms. The minimum absolute atomic E-state index is 0.0485. The van der Waals surface area contributed by atoms with Crippen molar-refractivity contribution < 1.29 is 9.59 Å². The van der Waals surface area contributed by atoms with Crippen LogP contribution in [0, 0.1) is 6.92 Å². The summed E-state index contributed by atoms with van der Waals surface area (Å²) >= 11 is 1.37. The monoisotopic (exact) mass is 397 g/mol. The maximum atomic E-state index is 12.6. The van der Waals surface area contributed by atoms with Crippen LogP contribution in [0.5, 0.6) is 0 Å². The topological polar surface area (TPSA) is 88.9 Å². The zero-order valence-electron chi connectivity index (χ0n) is 16.1. The second kappa shape index (κ2) is 8.79. The van der Waals surface area contributed by atoms with Gasteiger partial charge in [-0.3, -0.25) is 14.3 Å². The Morgan fingerprint density at radius 3 is 2.64 bits per heavy atom. The van der Waals surface area contributed by atoms with Crippen molar-refractivity contribution in [3.63, 3.8) is 0 Å². The number of aryl methyl sites for hydroxylation is 2. The van der Waals surface area contributed by atoms with E-state index in [0.717, 1.165) is 11.1 Å². The van der Waals surface area contributed by atoms with Crippen LogP contribution >= 0.6 is 11.3 Å². The maximum Gasteiger partial charge on any atom is 0.276 e. The summed E-state index contributed by atoms with van der Waals surface area (Å²) in [6, 6.07) is 9.63. The Labute approximate surface area is 167 Å². The molecule has 2 heterocycles. The van der Waals surface area contributed by atoms with Crippen LogP contribution in [0.3, 0.4) is 0 Å². The van der Waals surface area contributed by atoms with Crippen LogP contribution in [-0.4, -0.2) is 26.6 Å². The van der Waals surface area contributed by atoms with Crippen molar-refractivity contribution in [3.05, 3.63) is 63.7 Å². The molecule has 0 aliphatic rings. The van der Waals surface area contributed by atoms with Gasteiger partial charge in [0.1, 0.15) is 16.5 Å². The van der Waals surface area contributed by atoms with Gasteiger partial charge in [0.05, 0.1) is 12.2 Å². The van der Waals surface area contributed by atoms with E-state index in [2.05, 4.69) is 20.7 Å². The second-order valence-corrected chi connectivity index (χ2v) is 7.38. The number of nitrogens with one attached hydrogen (secondary N) is 2. The fourth-order valence-electron chi connectivity index (χ4n) is 2.80. The lowest BCUT2D eigenvalue weighted by Gasteiger charge is -2.16. The number of rotatable bonds is 7. The van der Waals surface area contributed by atoms with Gasteiger partial charge in [0.2, 0.25) is 5.91 Å². The van der Waals surface area contributed by atoms with Crippen molar-refractivity contribution in [1.82, 2.24) is 20.1 Å². The Balaban J connectivity index is 1.79. The highest BCUT2D eigenvalue weighted by atomic mass is 32.1. The molecule has 28 heavy (non-hydrogen) atoms. The third-order valence-electron chi connectivity index (χ3n) is 4.35. The van der Waals surface area contributed by atoms with Gasteiger partial charge in [0.25, 0.3) is 5.91 Å². The fourth-order valence-corrected chi connectivity index (χ4v) is 3.65. The maximum absolute atomic E-state index is 12.6. The number of hydrogen-bond donors (Lipinski definition) is 2. The summed E-state index contributed by atoms with van der Waals surface area (Å²) < 4.78 is 1.61. The largest absolute Gasteiger partial charge is 0.347 e. The number of carbonyl (C=O) groups is 2. The van der Waals surface area contributed by atoms with Gasteiger partial charge in [-0.2, -0.15) is 5.10 Å². The molecule has 7 nitrogen and oxygen atoms in total. The van der Waals surface area contributed by atoms with E-state index in [1.54, 1.807) is 23.3 Å². The molecule has 1 atom stereocenters. The van der Waals surface area contributed by atoms with Gasteiger partial charge in [-0.05, 0) is 18.9 Å².